The van der Waals surface area contributed by atoms with E-state index in [-0.39, 0.29) is 0 Å². The summed E-state index contributed by atoms with van der Waals surface area (Å²) in [5.41, 5.74) is 4.31. The molecular formula is C26H14BrIN2S2. The third-order valence-corrected chi connectivity index (χ3v) is 8.94. The molecule has 2 aromatic heterocycles. The molecule has 0 saturated heterocycles. The molecule has 0 aliphatic rings. The van der Waals surface area contributed by atoms with Crippen LogP contribution in [0.4, 0.5) is 0 Å². The molecule has 0 aliphatic carbocycles. The Morgan fingerprint density at radius 2 is 1.09 bits per heavy atom. The third-order valence-electron chi connectivity index (χ3n) is 5.48. The van der Waals surface area contributed by atoms with Crippen molar-refractivity contribution >= 4 is 82.7 Å². The van der Waals surface area contributed by atoms with E-state index in [1.54, 1.807) is 22.7 Å². The minimum absolute atomic E-state index is 0.957. The fraction of sp³-hybridized carbons (Fsp3) is 0. The molecule has 0 spiro atoms. The van der Waals surface area contributed by atoms with Crippen LogP contribution in [0.5, 0.6) is 0 Å². The second-order valence-corrected chi connectivity index (χ2v) is 11.1. The van der Waals surface area contributed by atoms with Crippen LogP contribution < -0.4 is 0 Å². The maximum Gasteiger partial charge on any atom is 0.152 e. The Kier molecular flexibility index (Phi) is 5.33. The average Bonchev–Trinajstić information content (AvgIpc) is 3.50. The largest absolute Gasteiger partial charge is 0.233 e. The van der Waals surface area contributed by atoms with Gasteiger partial charge < -0.3 is 0 Å². The number of hydrogen-bond acceptors (Lipinski definition) is 4. The number of fused-ring (bicyclic) bond motifs is 2. The van der Waals surface area contributed by atoms with E-state index in [1.807, 2.05) is 0 Å². The van der Waals surface area contributed by atoms with Crippen LogP contribution in [0.3, 0.4) is 0 Å². The molecule has 6 heteroatoms. The van der Waals surface area contributed by atoms with Gasteiger partial charge in [0.1, 0.15) is 0 Å². The maximum absolute atomic E-state index is 4.97. The number of rotatable bonds is 3. The van der Waals surface area contributed by atoms with E-state index in [0.29, 0.717) is 0 Å². The number of hydrogen-bond donors (Lipinski definition) is 0. The van der Waals surface area contributed by atoms with Gasteiger partial charge in [0.25, 0.3) is 0 Å². The van der Waals surface area contributed by atoms with Gasteiger partial charge in [0.2, 0.25) is 0 Å². The molecule has 0 amide bonds. The Hall–Kier alpha value is -2.13. The molecule has 0 unspecified atom stereocenters. The first-order valence-electron chi connectivity index (χ1n) is 9.96. The fourth-order valence-electron chi connectivity index (χ4n) is 3.96. The zero-order valence-corrected chi connectivity index (χ0v) is 21.9. The van der Waals surface area contributed by atoms with Gasteiger partial charge in [-0.1, -0.05) is 76.6 Å². The van der Waals surface area contributed by atoms with E-state index in [1.165, 1.54) is 30.7 Å². The molecule has 0 N–H and O–H groups in total. The second-order valence-electron chi connectivity index (χ2n) is 7.36. The molecule has 0 saturated carbocycles. The normalized spacial score (nSPS) is 11.4. The van der Waals surface area contributed by atoms with Crippen LogP contribution in [0.25, 0.3) is 54.1 Å². The summed E-state index contributed by atoms with van der Waals surface area (Å²) < 4.78 is 2.35. The maximum atomic E-state index is 4.97. The molecule has 0 atom stereocenters. The highest BCUT2D eigenvalue weighted by atomic mass is 127. The van der Waals surface area contributed by atoms with Gasteiger partial charge in [-0.2, -0.15) is 0 Å². The highest BCUT2D eigenvalue weighted by Crippen LogP contribution is 2.38. The van der Waals surface area contributed by atoms with Gasteiger partial charge in [0.05, 0.1) is 11.4 Å². The van der Waals surface area contributed by atoms with Crippen LogP contribution in [-0.4, -0.2) is 9.97 Å². The van der Waals surface area contributed by atoms with Gasteiger partial charge >= 0.3 is 0 Å². The monoisotopic (exact) mass is 624 g/mol. The lowest BCUT2D eigenvalue weighted by Gasteiger charge is -2.06. The lowest BCUT2D eigenvalue weighted by molar-refractivity contribution is 1.35. The SMILES string of the molecule is Brc1ccc(-c2csc(-c3nc(-c4ccc(I)c5ccccc45)cs3)n2)c2ccccc12. The van der Waals surface area contributed by atoms with Crippen LogP contribution in [0.2, 0.25) is 0 Å². The van der Waals surface area contributed by atoms with Crippen molar-refractivity contribution in [1.82, 2.24) is 9.97 Å². The van der Waals surface area contributed by atoms with Crippen molar-refractivity contribution in [2.75, 3.05) is 0 Å². The number of nitrogens with zero attached hydrogens (tertiary/aromatic N) is 2. The highest BCUT2D eigenvalue weighted by molar-refractivity contribution is 14.1. The summed E-state index contributed by atoms with van der Waals surface area (Å²) in [6, 6.07) is 25.5. The Bertz CT molecular complexity index is 1500. The zero-order chi connectivity index (χ0) is 21.7. The summed E-state index contributed by atoms with van der Waals surface area (Å²) >= 11 is 9.36. The van der Waals surface area contributed by atoms with Crippen molar-refractivity contribution in [2.45, 2.75) is 0 Å². The first-order chi connectivity index (χ1) is 15.7. The summed E-state index contributed by atoms with van der Waals surface area (Å²) in [4.78, 5) is 9.93. The van der Waals surface area contributed by atoms with Crippen LogP contribution in [0, 0.1) is 3.57 Å². The lowest BCUT2D eigenvalue weighted by Crippen LogP contribution is -1.85. The van der Waals surface area contributed by atoms with Crippen LogP contribution in [0.1, 0.15) is 0 Å². The minimum Gasteiger partial charge on any atom is -0.233 e. The molecule has 0 fully saturated rings. The zero-order valence-electron chi connectivity index (χ0n) is 16.5. The Balaban J connectivity index is 1.41. The molecule has 0 bridgehead atoms. The predicted octanol–water partition coefficient (Wildman–Crippen LogP) is 9.27. The summed E-state index contributed by atoms with van der Waals surface area (Å²) in [6.45, 7) is 0. The molecule has 4 aromatic carbocycles. The van der Waals surface area contributed by atoms with Crippen LogP contribution in [-0.2, 0) is 0 Å². The second kappa shape index (κ2) is 8.33. The van der Waals surface area contributed by atoms with Crippen molar-refractivity contribution in [2.24, 2.45) is 0 Å². The number of thiazole rings is 2. The van der Waals surface area contributed by atoms with E-state index in [0.717, 1.165) is 31.4 Å². The summed E-state index contributed by atoms with van der Waals surface area (Å²) in [5.74, 6) is 0. The summed E-state index contributed by atoms with van der Waals surface area (Å²) in [7, 11) is 0. The van der Waals surface area contributed by atoms with Crippen molar-refractivity contribution < 1.29 is 0 Å². The number of halogens is 2. The van der Waals surface area contributed by atoms with E-state index in [2.05, 4.69) is 122 Å². The fourth-order valence-corrected chi connectivity index (χ4v) is 6.78. The third kappa shape index (κ3) is 3.50. The summed E-state index contributed by atoms with van der Waals surface area (Å²) in [5, 5.41) is 11.1. The smallest absolute Gasteiger partial charge is 0.152 e. The lowest BCUT2D eigenvalue weighted by atomic mass is 10.0. The molecule has 0 aliphatic heterocycles. The average molecular weight is 625 g/mol. The minimum atomic E-state index is 0.957. The van der Waals surface area contributed by atoms with Gasteiger partial charge in [-0.3, -0.25) is 0 Å². The molecule has 6 rings (SSSR count). The van der Waals surface area contributed by atoms with E-state index < -0.39 is 0 Å². The molecule has 6 aromatic rings. The quantitative estimate of drug-likeness (QED) is 0.183. The molecule has 2 heterocycles. The standard InChI is InChI=1S/C26H14BrIN2S2/c27-21-11-9-19(15-5-1-3-7-17(15)21)23-13-31-25(29-23)26-30-24(14-32-26)20-10-12-22(28)18-8-4-2-6-16(18)20/h1-14H. The molecule has 154 valence electrons. The van der Waals surface area contributed by atoms with Gasteiger partial charge in [0.15, 0.2) is 10.0 Å². The van der Waals surface area contributed by atoms with Crippen LogP contribution >= 0.6 is 61.2 Å². The van der Waals surface area contributed by atoms with Crippen molar-refractivity contribution in [3.8, 4) is 32.5 Å². The highest BCUT2D eigenvalue weighted by Gasteiger charge is 2.15. The van der Waals surface area contributed by atoms with E-state index >= 15 is 0 Å². The first kappa shape index (κ1) is 20.5. The van der Waals surface area contributed by atoms with Crippen molar-refractivity contribution in [3.63, 3.8) is 0 Å². The van der Waals surface area contributed by atoms with E-state index in [4.69, 9.17) is 9.97 Å². The van der Waals surface area contributed by atoms with E-state index in [9.17, 15) is 0 Å². The molecule has 0 radical (unpaired) electrons. The molecular weight excluding hydrogens is 611 g/mol. The molecule has 2 nitrogen and oxygen atoms in total. The van der Waals surface area contributed by atoms with Gasteiger partial charge in [-0.05, 0) is 56.3 Å². The van der Waals surface area contributed by atoms with Gasteiger partial charge in [-0.15, -0.1) is 22.7 Å². The Labute approximate surface area is 215 Å². The van der Waals surface area contributed by atoms with Crippen LogP contribution in [0.15, 0.2) is 88.0 Å². The first-order valence-corrected chi connectivity index (χ1v) is 13.6. The predicted molar refractivity (Wildman–Crippen MR) is 150 cm³/mol. The molecule has 32 heavy (non-hydrogen) atoms. The van der Waals surface area contributed by atoms with Crippen molar-refractivity contribution in [3.05, 3.63) is 91.6 Å². The summed E-state index contributed by atoms with van der Waals surface area (Å²) in [6.07, 6.45) is 0. The Morgan fingerprint density at radius 3 is 1.72 bits per heavy atom. The number of aromatic nitrogens is 2. The topological polar surface area (TPSA) is 25.8 Å². The van der Waals surface area contributed by atoms with Gasteiger partial charge in [0, 0.05) is 29.9 Å². The Morgan fingerprint density at radius 1 is 0.594 bits per heavy atom. The van der Waals surface area contributed by atoms with Crippen molar-refractivity contribution in [1.29, 1.82) is 0 Å². The van der Waals surface area contributed by atoms with Gasteiger partial charge in [-0.25, -0.2) is 9.97 Å². The number of benzene rings is 4.